The molecule has 0 saturated heterocycles. The predicted molar refractivity (Wildman–Crippen MR) is 68.2 cm³/mol. The predicted octanol–water partition coefficient (Wildman–Crippen LogP) is 4.84. The highest BCUT2D eigenvalue weighted by molar-refractivity contribution is 6.20. The summed E-state index contributed by atoms with van der Waals surface area (Å²) in [5, 5.41) is 3.39. The Morgan fingerprint density at radius 3 is 2.45 bits per heavy atom. The molecule has 0 aliphatic heterocycles. The number of alkyl halides is 4. The third kappa shape index (κ3) is 3.30. The van der Waals surface area contributed by atoms with Crippen LogP contribution in [0.4, 0.5) is 13.2 Å². The van der Waals surface area contributed by atoms with Gasteiger partial charge < -0.3 is 4.52 Å². The van der Waals surface area contributed by atoms with Crippen LogP contribution in [0.25, 0.3) is 11.5 Å². The minimum atomic E-state index is -4.36. The van der Waals surface area contributed by atoms with Crippen molar-refractivity contribution in [1.82, 2.24) is 10.1 Å². The Balaban J connectivity index is 2.20. The van der Waals surface area contributed by atoms with Crippen LogP contribution in [0.15, 0.2) is 28.8 Å². The average molecular weight is 305 g/mol. The molecule has 0 saturated carbocycles. The van der Waals surface area contributed by atoms with Crippen molar-refractivity contribution in [3.05, 3.63) is 35.7 Å². The fourth-order valence-corrected chi connectivity index (χ4v) is 1.97. The number of rotatable bonds is 4. The number of nitrogens with zero attached hydrogens (tertiary/aromatic N) is 2. The van der Waals surface area contributed by atoms with E-state index in [-0.39, 0.29) is 11.3 Å². The fraction of sp³-hybridized carbons (Fsp3) is 0.385. The van der Waals surface area contributed by atoms with Crippen molar-refractivity contribution in [1.29, 1.82) is 0 Å². The van der Waals surface area contributed by atoms with Gasteiger partial charge in [-0.1, -0.05) is 18.5 Å². The molecule has 2 rings (SSSR count). The SMILES string of the molecule is CCCC(Cl)c1noc(-c2ccc(C(F)(F)F)cc2)n1. The van der Waals surface area contributed by atoms with Gasteiger partial charge in [-0.25, -0.2) is 0 Å². The molecule has 0 bridgehead atoms. The molecule has 7 heteroatoms. The van der Waals surface area contributed by atoms with Crippen LogP contribution >= 0.6 is 11.6 Å². The van der Waals surface area contributed by atoms with E-state index in [0.717, 1.165) is 18.6 Å². The zero-order valence-electron chi connectivity index (χ0n) is 10.6. The summed E-state index contributed by atoms with van der Waals surface area (Å²) in [5.74, 6) is 0.513. The quantitative estimate of drug-likeness (QED) is 0.759. The van der Waals surface area contributed by atoms with Crippen molar-refractivity contribution >= 4 is 11.6 Å². The third-order valence-electron chi connectivity index (χ3n) is 2.72. The molecule has 1 atom stereocenters. The highest BCUT2D eigenvalue weighted by atomic mass is 35.5. The van der Waals surface area contributed by atoms with Crippen LogP contribution in [0.2, 0.25) is 0 Å². The van der Waals surface area contributed by atoms with Gasteiger partial charge in [0.2, 0.25) is 0 Å². The minimum Gasteiger partial charge on any atom is -0.334 e. The van der Waals surface area contributed by atoms with E-state index >= 15 is 0 Å². The van der Waals surface area contributed by atoms with Crippen molar-refractivity contribution in [2.24, 2.45) is 0 Å². The van der Waals surface area contributed by atoms with Crippen LogP contribution in [0.1, 0.15) is 36.5 Å². The highest BCUT2D eigenvalue weighted by Crippen LogP contribution is 2.31. The standard InChI is InChI=1S/C13H12ClF3N2O/c1-2-3-10(14)11-18-12(20-19-11)8-4-6-9(7-5-8)13(15,16)17/h4-7,10H,2-3H2,1H3. The lowest BCUT2D eigenvalue weighted by Gasteiger charge is -2.05. The second kappa shape index (κ2) is 5.83. The molecular formula is C13H12ClF3N2O. The van der Waals surface area contributed by atoms with Gasteiger partial charge in [-0.2, -0.15) is 18.2 Å². The fourth-order valence-electron chi connectivity index (χ4n) is 1.66. The summed E-state index contributed by atoms with van der Waals surface area (Å²) in [6.07, 6.45) is -2.78. The molecule has 0 aliphatic rings. The molecule has 20 heavy (non-hydrogen) atoms. The Kier molecular flexibility index (Phi) is 4.32. The number of benzene rings is 1. The molecule has 0 amide bonds. The molecule has 0 spiro atoms. The van der Waals surface area contributed by atoms with E-state index in [4.69, 9.17) is 16.1 Å². The first-order chi connectivity index (χ1) is 9.41. The Labute approximate surface area is 118 Å². The molecule has 1 heterocycles. The van der Waals surface area contributed by atoms with E-state index in [1.54, 1.807) is 0 Å². The van der Waals surface area contributed by atoms with Crippen molar-refractivity contribution in [3.63, 3.8) is 0 Å². The lowest BCUT2D eigenvalue weighted by atomic mass is 10.1. The normalized spacial score (nSPS) is 13.4. The zero-order chi connectivity index (χ0) is 14.8. The van der Waals surface area contributed by atoms with E-state index in [0.29, 0.717) is 17.8 Å². The van der Waals surface area contributed by atoms with E-state index in [1.165, 1.54) is 12.1 Å². The van der Waals surface area contributed by atoms with Crippen molar-refractivity contribution < 1.29 is 17.7 Å². The highest BCUT2D eigenvalue weighted by Gasteiger charge is 2.30. The largest absolute Gasteiger partial charge is 0.416 e. The van der Waals surface area contributed by atoms with Crippen LogP contribution in [0.3, 0.4) is 0 Å². The van der Waals surface area contributed by atoms with Crippen LogP contribution in [0.5, 0.6) is 0 Å². The second-order valence-electron chi connectivity index (χ2n) is 4.29. The minimum absolute atomic E-state index is 0.162. The van der Waals surface area contributed by atoms with Gasteiger partial charge >= 0.3 is 6.18 Å². The van der Waals surface area contributed by atoms with Gasteiger partial charge in [-0.05, 0) is 30.7 Å². The lowest BCUT2D eigenvalue weighted by molar-refractivity contribution is -0.137. The van der Waals surface area contributed by atoms with E-state index in [1.807, 2.05) is 6.92 Å². The molecule has 0 radical (unpaired) electrons. The first kappa shape index (κ1) is 14.8. The summed E-state index contributed by atoms with van der Waals surface area (Å²) in [6, 6.07) is 4.54. The van der Waals surface area contributed by atoms with Gasteiger partial charge in [0.25, 0.3) is 5.89 Å². The van der Waals surface area contributed by atoms with Gasteiger partial charge in [0.05, 0.1) is 10.9 Å². The number of hydrogen-bond acceptors (Lipinski definition) is 3. The van der Waals surface area contributed by atoms with Crippen molar-refractivity contribution in [3.8, 4) is 11.5 Å². The number of aromatic nitrogens is 2. The Morgan fingerprint density at radius 1 is 1.25 bits per heavy atom. The summed E-state index contributed by atoms with van der Waals surface area (Å²) in [6.45, 7) is 1.98. The summed E-state index contributed by atoms with van der Waals surface area (Å²) >= 11 is 6.06. The maximum absolute atomic E-state index is 12.4. The Bertz CT molecular complexity index is 566. The number of halogens is 4. The topological polar surface area (TPSA) is 38.9 Å². The van der Waals surface area contributed by atoms with Gasteiger partial charge in [0.1, 0.15) is 0 Å². The molecule has 108 valence electrons. The van der Waals surface area contributed by atoms with Crippen molar-refractivity contribution in [2.75, 3.05) is 0 Å². The first-order valence-corrected chi connectivity index (χ1v) is 6.50. The van der Waals surface area contributed by atoms with Crippen LogP contribution < -0.4 is 0 Å². The molecular weight excluding hydrogens is 293 g/mol. The zero-order valence-corrected chi connectivity index (χ0v) is 11.4. The molecule has 1 unspecified atom stereocenters. The third-order valence-corrected chi connectivity index (χ3v) is 3.14. The summed E-state index contributed by atoms with van der Waals surface area (Å²) < 4.78 is 42.4. The van der Waals surface area contributed by atoms with Crippen LogP contribution in [0, 0.1) is 0 Å². The maximum Gasteiger partial charge on any atom is 0.416 e. The maximum atomic E-state index is 12.4. The van der Waals surface area contributed by atoms with E-state index in [9.17, 15) is 13.2 Å². The summed E-state index contributed by atoms with van der Waals surface area (Å²) in [4.78, 5) is 4.10. The van der Waals surface area contributed by atoms with Crippen LogP contribution in [-0.4, -0.2) is 10.1 Å². The van der Waals surface area contributed by atoms with Gasteiger partial charge in [0, 0.05) is 5.56 Å². The number of hydrogen-bond donors (Lipinski definition) is 0. The molecule has 1 aromatic heterocycles. The molecule has 2 aromatic rings. The smallest absolute Gasteiger partial charge is 0.334 e. The molecule has 3 nitrogen and oxygen atoms in total. The van der Waals surface area contributed by atoms with E-state index < -0.39 is 11.7 Å². The molecule has 1 aromatic carbocycles. The van der Waals surface area contributed by atoms with Gasteiger partial charge in [-0.15, -0.1) is 11.6 Å². The van der Waals surface area contributed by atoms with Gasteiger partial charge in [-0.3, -0.25) is 0 Å². The molecule has 0 aliphatic carbocycles. The monoisotopic (exact) mass is 304 g/mol. The van der Waals surface area contributed by atoms with E-state index in [2.05, 4.69) is 10.1 Å². The lowest BCUT2D eigenvalue weighted by Crippen LogP contribution is -2.04. The van der Waals surface area contributed by atoms with Crippen LogP contribution in [-0.2, 0) is 6.18 Å². The second-order valence-corrected chi connectivity index (χ2v) is 4.82. The van der Waals surface area contributed by atoms with Gasteiger partial charge in [0.15, 0.2) is 5.82 Å². The molecule has 0 N–H and O–H groups in total. The summed E-state index contributed by atoms with van der Waals surface area (Å²) in [5.41, 5.74) is -0.292. The Morgan fingerprint density at radius 2 is 1.90 bits per heavy atom. The first-order valence-electron chi connectivity index (χ1n) is 6.07. The average Bonchev–Trinajstić information content (AvgIpc) is 2.88. The molecule has 0 fully saturated rings. The van der Waals surface area contributed by atoms with Crippen molar-refractivity contribution in [2.45, 2.75) is 31.3 Å². The summed E-state index contributed by atoms with van der Waals surface area (Å²) in [7, 11) is 0. The Hall–Kier alpha value is -1.56.